The Bertz CT molecular complexity index is 325. The number of hydrogen-bond donors (Lipinski definition) is 3. The van der Waals surface area contributed by atoms with Gasteiger partial charge in [0.15, 0.2) is 5.11 Å². The molecule has 0 spiro atoms. The summed E-state index contributed by atoms with van der Waals surface area (Å²) >= 11 is 5.14. The van der Waals surface area contributed by atoms with Gasteiger partial charge in [0.1, 0.15) is 0 Å². The molecule has 3 N–H and O–H groups in total. The van der Waals surface area contributed by atoms with E-state index in [1.807, 2.05) is 25.1 Å². The molecule has 94 valence electrons. The predicted octanol–water partition coefficient (Wildman–Crippen LogP) is 1.46. The minimum Gasteiger partial charge on any atom is -0.394 e. The molecule has 0 radical (unpaired) electrons. The molecule has 0 aliphatic heterocycles. The van der Waals surface area contributed by atoms with Gasteiger partial charge in [-0.3, -0.25) is 0 Å². The first-order chi connectivity index (χ1) is 8.26. The Labute approximate surface area is 108 Å². The van der Waals surface area contributed by atoms with E-state index < -0.39 is 0 Å². The van der Waals surface area contributed by atoms with Gasteiger partial charge in [0.2, 0.25) is 0 Å². The van der Waals surface area contributed by atoms with E-state index in [1.165, 1.54) is 5.56 Å². The molecule has 17 heavy (non-hydrogen) atoms. The van der Waals surface area contributed by atoms with Crippen LogP contribution in [0.1, 0.15) is 18.9 Å². The van der Waals surface area contributed by atoms with Crippen LogP contribution in [0.4, 0.5) is 0 Å². The van der Waals surface area contributed by atoms with Crippen LogP contribution in [-0.4, -0.2) is 29.4 Å². The third-order valence-electron chi connectivity index (χ3n) is 2.59. The lowest BCUT2D eigenvalue weighted by molar-refractivity contribution is 0.252. The maximum Gasteiger partial charge on any atom is 0.166 e. The van der Waals surface area contributed by atoms with Gasteiger partial charge in [0, 0.05) is 6.54 Å². The molecule has 0 aromatic heterocycles. The van der Waals surface area contributed by atoms with E-state index in [4.69, 9.17) is 17.3 Å². The number of nitrogens with one attached hydrogen (secondary N) is 2. The number of benzene rings is 1. The standard InChI is InChI=1S/C13H20N2OS/c1-2-12(10-16)15-13(17)14-9-8-11-6-4-3-5-7-11/h3-7,12,16H,2,8-10H2,1H3,(H2,14,15,17)/t12-/m0/s1. The smallest absolute Gasteiger partial charge is 0.166 e. The summed E-state index contributed by atoms with van der Waals surface area (Å²) in [5.74, 6) is 0. The summed E-state index contributed by atoms with van der Waals surface area (Å²) in [6, 6.07) is 10.3. The maximum atomic E-state index is 9.03. The van der Waals surface area contributed by atoms with Crippen molar-refractivity contribution >= 4 is 17.3 Å². The molecule has 1 atom stereocenters. The molecule has 0 saturated carbocycles. The summed E-state index contributed by atoms with van der Waals surface area (Å²) in [5, 5.41) is 15.9. The van der Waals surface area contributed by atoms with Crippen molar-refractivity contribution in [3.63, 3.8) is 0 Å². The minimum atomic E-state index is 0.0479. The number of aliphatic hydroxyl groups excluding tert-OH is 1. The topological polar surface area (TPSA) is 44.3 Å². The summed E-state index contributed by atoms with van der Waals surface area (Å²) < 4.78 is 0. The van der Waals surface area contributed by atoms with Gasteiger partial charge in [0.25, 0.3) is 0 Å². The fraction of sp³-hybridized carbons (Fsp3) is 0.462. The second-order valence-electron chi connectivity index (χ2n) is 3.92. The van der Waals surface area contributed by atoms with E-state index in [-0.39, 0.29) is 12.6 Å². The first kappa shape index (κ1) is 13.9. The van der Waals surface area contributed by atoms with Crippen molar-refractivity contribution in [3.05, 3.63) is 35.9 Å². The van der Waals surface area contributed by atoms with Crippen LogP contribution < -0.4 is 10.6 Å². The van der Waals surface area contributed by atoms with E-state index >= 15 is 0 Å². The van der Waals surface area contributed by atoms with Crippen LogP contribution in [-0.2, 0) is 6.42 Å². The van der Waals surface area contributed by atoms with Crippen LogP contribution in [0.25, 0.3) is 0 Å². The Kier molecular flexibility index (Phi) is 6.58. The van der Waals surface area contributed by atoms with Gasteiger partial charge < -0.3 is 15.7 Å². The Morgan fingerprint density at radius 2 is 2.06 bits per heavy atom. The zero-order chi connectivity index (χ0) is 12.5. The zero-order valence-corrected chi connectivity index (χ0v) is 11.0. The second-order valence-corrected chi connectivity index (χ2v) is 4.33. The van der Waals surface area contributed by atoms with Crippen molar-refractivity contribution in [2.75, 3.05) is 13.2 Å². The minimum absolute atomic E-state index is 0.0479. The fourth-order valence-electron chi connectivity index (χ4n) is 1.48. The maximum absolute atomic E-state index is 9.03. The number of aliphatic hydroxyl groups is 1. The number of thiocarbonyl (C=S) groups is 1. The molecular weight excluding hydrogens is 232 g/mol. The predicted molar refractivity (Wildman–Crippen MR) is 75.0 cm³/mol. The molecule has 1 aromatic carbocycles. The van der Waals surface area contributed by atoms with Crippen LogP contribution in [0.5, 0.6) is 0 Å². The van der Waals surface area contributed by atoms with Gasteiger partial charge >= 0.3 is 0 Å². The molecular formula is C13H20N2OS. The van der Waals surface area contributed by atoms with Crippen LogP contribution in [0.2, 0.25) is 0 Å². The molecule has 0 fully saturated rings. The molecule has 0 aliphatic carbocycles. The molecule has 3 nitrogen and oxygen atoms in total. The molecule has 0 amide bonds. The van der Waals surface area contributed by atoms with Crippen molar-refractivity contribution in [2.24, 2.45) is 0 Å². The van der Waals surface area contributed by atoms with Gasteiger partial charge in [-0.05, 0) is 30.6 Å². The molecule has 0 aliphatic rings. The highest BCUT2D eigenvalue weighted by molar-refractivity contribution is 7.80. The molecule has 0 heterocycles. The van der Waals surface area contributed by atoms with Crippen molar-refractivity contribution in [1.82, 2.24) is 10.6 Å². The molecule has 0 bridgehead atoms. The normalized spacial score (nSPS) is 11.9. The fourth-order valence-corrected chi connectivity index (χ4v) is 1.75. The summed E-state index contributed by atoms with van der Waals surface area (Å²) in [5.41, 5.74) is 1.29. The van der Waals surface area contributed by atoms with E-state index in [9.17, 15) is 0 Å². The largest absolute Gasteiger partial charge is 0.394 e. The summed E-state index contributed by atoms with van der Waals surface area (Å²) in [7, 11) is 0. The van der Waals surface area contributed by atoms with Crippen molar-refractivity contribution in [1.29, 1.82) is 0 Å². The lowest BCUT2D eigenvalue weighted by Gasteiger charge is -2.17. The van der Waals surface area contributed by atoms with E-state index in [0.29, 0.717) is 5.11 Å². The van der Waals surface area contributed by atoms with E-state index in [0.717, 1.165) is 19.4 Å². The van der Waals surface area contributed by atoms with Crippen molar-refractivity contribution < 1.29 is 5.11 Å². The Hall–Kier alpha value is -1.13. The van der Waals surface area contributed by atoms with Crippen LogP contribution in [0.3, 0.4) is 0 Å². The summed E-state index contributed by atoms with van der Waals surface area (Å²) in [6.45, 7) is 2.93. The highest BCUT2D eigenvalue weighted by atomic mass is 32.1. The molecule has 4 heteroatoms. The zero-order valence-electron chi connectivity index (χ0n) is 10.1. The number of rotatable bonds is 6. The molecule has 1 rings (SSSR count). The SMILES string of the molecule is CC[C@@H](CO)NC(=S)NCCc1ccccc1. The Morgan fingerprint density at radius 1 is 1.35 bits per heavy atom. The van der Waals surface area contributed by atoms with Crippen molar-refractivity contribution in [2.45, 2.75) is 25.8 Å². The second kappa shape index (κ2) is 8.03. The third kappa shape index (κ3) is 5.65. The van der Waals surface area contributed by atoms with Crippen LogP contribution >= 0.6 is 12.2 Å². The van der Waals surface area contributed by atoms with Crippen LogP contribution in [0.15, 0.2) is 30.3 Å². The van der Waals surface area contributed by atoms with E-state index in [1.54, 1.807) is 0 Å². The summed E-state index contributed by atoms with van der Waals surface area (Å²) in [6.07, 6.45) is 1.80. The molecule has 0 unspecified atom stereocenters. The van der Waals surface area contributed by atoms with Gasteiger partial charge in [0.05, 0.1) is 12.6 Å². The molecule has 1 aromatic rings. The highest BCUT2D eigenvalue weighted by Crippen LogP contribution is 1.98. The average molecular weight is 252 g/mol. The Balaban J connectivity index is 2.20. The first-order valence-corrected chi connectivity index (χ1v) is 6.36. The Morgan fingerprint density at radius 3 is 2.65 bits per heavy atom. The number of hydrogen-bond acceptors (Lipinski definition) is 2. The van der Waals surface area contributed by atoms with Crippen molar-refractivity contribution in [3.8, 4) is 0 Å². The highest BCUT2D eigenvalue weighted by Gasteiger charge is 2.04. The van der Waals surface area contributed by atoms with Gasteiger partial charge in [-0.2, -0.15) is 0 Å². The monoisotopic (exact) mass is 252 g/mol. The lowest BCUT2D eigenvalue weighted by atomic mass is 10.1. The first-order valence-electron chi connectivity index (χ1n) is 5.95. The van der Waals surface area contributed by atoms with Gasteiger partial charge in [-0.25, -0.2) is 0 Å². The lowest BCUT2D eigenvalue weighted by Crippen LogP contribution is -2.43. The quantitative estimate of drug-likeness (QED) is 0.671. The van der Waals surface area contributed by atoms with Gasteiger partial charge in [-0.1, -0.05) is 37.3 Å². The van der Waals surface area contributed by atoms with Gasteiger partial charge in [-0.15, -0.1) is 0 Å². The summed E-state index contributed by atoms with van der Waals surface area (Å²) in [4.78, 5) is 0. The van der Waals surface area contributed by atoms with Crippen LogP contribution in [0, 0.1) is 0 Å². The van der Waals surface area contributed by atoms with E-state index in [2.05, 4.69) is 22.8 Å². The average Bonchev–Trinajstić information content (AvgIpc) is 2.37. The molecule has 0 saturated heterocycles. The third-order valence-corrected chi connectivity index (χ3v) is 2.85.